The van der Waals surface area contributed by atoms with Gasteiger partial charge in [-0.1, -0.05) is 42.1 Å². The molecule has 1 aromatic rings. The number of thioether (sulfide) groups is 1. The summed E-state index contributed by atoms with van der Waals surface area (Å²) in [6.07, 6.45) is 2.57. The van der Waals surface area contributed by atoms with Crippen LogP contribution in [-0.2, 0) is 5.41 Å². The van der Waals surface area contributed by atoms with Gasteiger partial charge in [0.15, 0.2) is 0 Å². The van der Waals surface area contributed by atoms with E-state index in [9.17, 15) is 5.26 Å². The van der Waals surface area contributed by atoms with Crippen LogP contribution in [0.1, 0.15) is 24.8 Å². The Balaban J connectivity index is 1.95. The average Bonchev–Trinajstić information content (AvgIpc) is 2.78. The number of hydrogen-bond donors (Lipinski definition) is 2. The molecule has 3 rings (SSSR count). The molecule has 0 aromatic heterocycles. The van der Waals surface area contributed by atoms with E-state index in [1.54, 1.807) is 11.8 Å². The minimum Gasteiger partial charge on any atom is -0.364 e. The van der Waals surface area contributed by atoms with Gasteiger partial charge in [0, 0.05) is 17.0 Å². The molecule has 0 amide bonds. The summed E-state index contributed by atoms with van der Waals surface area (Å²) in [5.74, 6) is 0. The van der Waals surface area contributed by atoms with Gasteiger partial charge in [-0.2, -0.15) is 5.26 Å². The lowest BCUT2D eigenvalue weighted by Gasteiger charge is -2.31. The molecule has 0 saturated heterocycles. The van der Waals surface area contributed by atoms with Crippen LogP contribution in [0.2, 0.25) is 0 Å². The minimum atomic E-state index is -0.376. The minimum absolute atomic E-state index is 0.0414. The second-order valence-electron chi connectivity index (χ2n) is 4.82. The van der Waals surface area contributed by atoms with Gasteiger partial charge in [-0.15, -0.1) is 0 Å². The van der Waals surface area contributed by atoms with Crippen LogP contribution in [0.3, 0.4) is 0 Å². The summed E-state index contributed by atoms with van der Waals surface area (Å²) in [5.41, 5.74) is 7.84. The smallest absolute Gasteiger partial charge is 0.127 e. The van der Waals surface area contributed by atoms with Gasteiger partial charge in [0.1, 0.15) is 5.50 Å². The Kier molecular flexibility index (Phi) is 2.81. The Labute approximate surface area is 111 Å². The Morgan fingerprint density at radius 1 is 1.39 bits per heavy atom. The molecule has 92 valence electrons. The summed E-state index contributed by atoms with van der Waals surface area (Å²) >= 11 is 1.66. The fourth-order valence-corrected chi connectivity index (χ4v) is 3.87. The largest absolute Gasteiger partial charge is 0.364 e. The van der Waals surface area contributed by atoms with Crippen molar-refractivity contribution in [1.82, 2.24) is 5.32 Å². The number of nitrogens with two attached hydrogens (primary N) is 1. The molecule has 3 nitrogen and oxygen atoms in total. The fourth-order valence-electron chi connectivity index (χ4n) is 2.73. The highest BCUT2D eigenvalue weighted by molar-refractivity contribution is 8.03. The third-order valence-electron chi connectivity index (χ3n) is 3.73. The lowest BCUT2D eigenvalue weighted by molar-refractivity contribution is 0.470. The summed E-state index contributed by atoms with van der Waals surface area (Å²) in [5, 5.41) is 12.9. The second kappa shape index (κ2) is 4.34. The lowest BCUT2D eigenvalue weighted by Crippen LogP contribution is -2.31. The summed E-state index contributed by atoms with van der Waals surface area (Å²) in [6.45, 7) is 0. The molecule has 0 saturated carbocycles. The highest BCUT2D eigenvalue weighted by Gasteiger charge is 2.40. The maximum atomic E-state index is 9.65. The average molecular weight is 257 g/mol. The van der Waals surface area contributed by atoms with Gasteiger partial charge in [0.25, 0.3) is 0 Å². The van der Waals surface area contributed by atoms with Gasteiger partial charge < -0.3 is 11.1 Å². The number of nitriles is 1. The van der Waals surface area contributed by atoms with Crippen LogP contribution in [-0.4, -0.2) is 5.50 Å². The van der Waals surface area contributed by atoms with Gasteiger partial charge in [-0.25, -0.2) is 0 Å². The van der Waals surface area contributed by atoms with E-state index >= 15 is 0 Å². The maximum Gasteiger partial charge on any atom is 0.127 e. The third kappa shape index (κ3) is 1.80. The van der Waals surface area contributed by atoms with Crippen molar-refractivity contribution in [1.29, 1.82) is 5.26 Å². The molecule has 4 heteroatoms. The molecule has 2 aliphatic rings. The number of rotatable bonds is 1. The SMILES string of the molecule is N#CC1(c2ccccc2)CCC2=C(C1)SC(N)N2. The van der Waals surface area contributed by atoms with Crippen molar-refractivity contribution in [2.75, 3.05) is 0 Å². The zero-order valence-electron chi connectivity index (χ0n) is 10.0. The Hall–Kier alpha value is -1.44. The Bertz CT molecular complexity index is 532. The van der Waals surface area contributed by atoms with E-state index in [1.807, 2.05) is 18.2 Å². The molecule has 0 radical (unpaired) electrons. The van der Waals surface area contributed by atoms with E-state index in [2.05, 4.69) is 23.5 Å². The number of benzene rings is 1. The Morgan fingerprint density at radius 3 is 2.89 bits per heavy atom. The predicted octanol–water partition coefficient (Wildman–Crippen LogP) is 2.42. The number of nitrogens with zero attached hydrogens (tertiary/aromatic N) is 1. The van der Waals surface area contributed by atoms with Crippen LogP contribution >= 0.6 is 11.8 Å². The molecule has 0 bridgehead atoms. The van der Waals surface area contributed by atoms with Crippen molar-refractivity contribution in [3.63, 3.8) is 0 Å². The number of hydrogen-bond acceptors (Lipinski definition) is 4. The highest BCUT2D eigenvalue weighted by Crippen LogP contribution is 2.47. The molecule has 1 aliphatic heterocycles. The van der Waals surface area contributed by atoms with Crippen molar-refractivity contribution >= 4 is 11.8 Å². The van der Waals surface area contributed by atoms with Gasteiger partial charge in [0.2, 0.25) is 0 Å². The van der Waals surface area contributed by atoms with Crippen LogP contribution in [0, 0.1) is 11.3 Å². The molecule has 2 unspecified atom stereocenters. The summed E-state index contributed by atoms with van der Waals surface area (Å²) in [4.78, 5) is 1.26. The normalized spacial score (nSPS) is 30.6. The monoisotopic (exact) mass is 257 g/mol. The van der Waals surface area contributed by atoms with Crippen molar-refractivity contribution < 1.29 is 0 Å². The quantitative estimate of drug-likeness (QED) is 0.811. The summed E-state index contributed by atoms with van der Waals surface area (Å²) < 4.78 is 0. The van der Waals surface area contributed by atoms with Crippen molar-refractivity contribution in [3.8, 4) is 6.07 Å². The standard InChI is InChI=1S/C14H15N3S/c15-9-14(10-4-2-1-3-5-10)7-6-11-12(8-14)18-13(16)17-11/h1-5,13,17H,6-8,16H2. The first-order valence-corrected chi connectivity index (χ1v) is 6.99. The molecule has 3 N–H and O–H groups in total. The molecule has 18 heavy (non-hydrogen) atoms. The van der Waals surface area contributed by atoms with Gasteiger partial charge in [0.05, 0.1) is 11.5 Å². The van der Waals surface area contributed by atoms with Gasteiger partial charge >= 0.3 is 0 Å². The topological polar surface area (TPSA) is 61.8 Å². The van der Waals surface area contributed by atoms with Gasteiger partial charge in [-0.3, -0.25) is 0 Å². The zero-order valence-corrected chi connectivity index (χ0v) is 10.8. The molecule has 1 heterocycles. The highest BCUT2D eigenvalue weighted by atomic mass is 32.2. The first kappa shape index (κ1) is 11.6. The third-order valence-corrected chi connectivity index (χ3v) is 4.77. The van der Waals surface area contributed by atoms with E-state index in [0.29, 0.717) is 0 Å². The van der Waals surface area contributed by atoms with Crippen LogP contribution in [0.25, 0.3) is 0 Å². The van der Waals surface area contributed by atoms with Crippen LogP contribution in [0.4, 0.5) is 0 Å². The lowest BCUT2D eigenvalue weighted by atomic mass is 9.72. The molecular formula is C14H15N3S. The van der Waals surface area contributed by atoms with Crippen LogP contribution < -0.4 is 11.1 Å². The summed E-state index contributed by atoms with van der Waals surface area (Å²) in [6, 6.07) is 12.7. The molecular weight excluding hydrogens is 242 g/mol. The molecule has 0 fully saturated rings. The number of allylic oxidation sites excluding steroid dienone is 2. The molecule has 0 spiro atoms. The van der Waals surface area contributed by atoms with E-state index < -0.39 is 0 Å². The van der Waals surface area contributed by atoms with Gasteiger partial charge in [-0.05, 0) is 18.4 Å². The first-order valence-electron chi connectivity index (χ1n) is 6.11. The van der Waals surface area contributed by atoms with Crippen molar-refractivity contribution in [3.05, 3.63) is 46.5 Å². The van der Waals surface area contributed by atoms with Crippen LogP contribution in [0.15, 0.2) is 40.9 Å². The summed E-state index contributed by atoms with van der Waals surface area (Å²) in [7, 11) is 0. The fraction of sp³-hybridized carbons (Fsp3) is 0.357. The van der Waals surface area contributed by atoms with Crippen LogP contribution in [0.5, 0.6) is 0 Å². The molecule has 1 aliphatic carbocycles. The number of nitrogens with one attached hydrogen (secondary N) is 1. The van der Waals surface area contributed by atoms with Crippen molar-refractivity contribution in [2.24, 2.45) is 5.73 Å². The van der Waals surface area contributed by atoms with E-state index in [0.717, 1.165) is 24.8 Å². The second-order valence-corrected chi connectivity index (χ2v) is 6.06. The predicted molar refractivity (Wildman–Crippen MR) is 73.3 cm³/mol. The first-order chi connectivity index (χ1) is 8.73. The molecule has 1 aromatic carbocycles. The zero-order chi connectivity index (χ0) is 12.6. The van der Waals surface area contributed by atoms with E-state index in [-0.39, 0.29) is 10.9 Å². The molecule has 2 atom stereocenters. The Morgan fingerprint density at radius 2 is 2.17 bits per heavy atom. The van der Waals surface area contributed by atoms with Crippen molar-refractivity contribution in [2.45, 2.75) is 30.2 Å². The maximum absolute atomic E-state index is 9.65. The van der Waals surface area contributed by atoms with E-state index in [1.165, 1.54) is 10.6 Å². The van der Waals surface area contributed by atoms with E-state index in [4.69, 9.17) is 5.73 Å².